The van der Waals surface area contributed by atoms with Gasteiger partial charge in [-0.15, -0.1) is 0 Å². The highest BCUT2D eigenvalue weighted by atomic mass is 16.5. The zero-order valence-corrected chi connectivity index (χ0v) is 11.2. The number of ether oxygens (including phenoxy) is 1. The highest BCUT2D eigenvalue weighted by Gasteiger charge is 2.18. The first kappa shape index (κ1) is 12.9. The highest BCUT2D eigenvalue weighted by molar-refractivity contribution is 5.85. The van der Waals surface area contributed by atoms with Crippen LogP contribution in [0.5, 0.6) is 5.75 Å². The summed E-state index contributed by atoms with van der Waals surface area (Å²) < 4.78 is 10.4. The zero-order chi connectivity index (χ0) is 14.8. The molecule has 0 aliphatic carbocycles. The molecule has 0 saturated carbocycles. The first-order valence-electron chi connectivity index (χ1n) is 6.14. The van der Waals surface area contributed by atoms with Crippen molar-refractivity contribution in [2.75, 3.05) is 12.8 Å². The van der Waals surface area contributed by atoms with E-state index in [0.29, 0.717) is 17.0 Å². The van der Waals surface area contributed by atoms with Crippen LogP contribution in [0.15, 0.2) is 45.7 Å². The number of aromatic amines is 1. The van der Waals surface area contributed by atoms with Crippen molar-refractivity contribution in [1.82, 2.24) is 15.4 Å². The van der Waals surface area contributed by atoms with E-state index in [4.69, 9.17) is 15.0 Å². The number of hydrogen-bond donors (Lipinski definition) is 2. The summed E-state index contributed by atoms with van der Waals surface area (Å²) in [6.45, 7) is 0. The van der Waals surface area contributed by atoms with Crippen molar-refractivity contribution in [3.05, 3.63) is 46.8 Å². The maximum Gasteiger partial charge on any atom is 0.264 e. The predicted molar refractivity (Wildman–Crippen MR) is 76.8 cm³/mol. The van der Waals surface area contributed by atoms with Crippen molar-refractivity contribution < 1.29 is 9.26 Å². The fraction of sp³-hybridized carbons (Fsp3) is 0.0714. The molecule has 2 aromatic heterocycles. The summed E-state index contributed by atoms with van der Waals surface area (Å²) in [5, 5.41) is 10.1. The fourth-order valence-corrected chi connectivity index (χ4v) is 1.98. The second-order valence-corrected chi connectivity index (χ2v) is 4.31. The molecule has 0 fully saturated rings. The maximum absolute atomic E-state index is 11.1. The molecule has 0 atom stereocenters. The molecule has 0 unspecified atom stereocenters. The Hall–Kier alpha value is -3.09. The van der Waals surface area contributed by atoms with Gasteiger partial charge in [-0.3, -0.25) is 4.79 Å². The molecule has 7 heteroatoms. The van der Waals surface area contributed by atoms with Gasteiger partial charge in [0.1, 0.15) is 11.4 Å². The second kappa shape index (κ2) is 5.12. The van der Waals surface area contributed by atoms with Crippen LogP contribution in [0.25, 0.3) is 22.6 Å². The van der Waals surface area contributed by atoms with Crippen LogP contribution in [0.3, 0.4) is 0 Å². The lowest BCUT2D eigenvalue weighted by Crippen LogP contribution is -2.05. The van der Waals surface area contributed by atoms with Gasteiger partial charge in [0.05, 0.1) is 12.7 Å². The number of rotatable bonds is 3. The van der Waals surface area contributed by atoms with E-state index in [0.717, 1.165) is 11.3 Å². The van der Waals surface area contributed by atoms with Gasteiger partial charge in [-0.2, -0.15) is 5.10 Å². The van der Waals surface area contributed by atoms with Crippen LogP contribution < -0.4 is 16.0 Å². The molecule has 0 spiro atoms. The first-order valence-corrected chi connectivity index (χ1v) is 6.14. The average molecular weight is 284 g/mol. The van der Waals surface area contributed by atoms with E-state index < -0.39 is 0 Å². The van der Waals surface area contributed by atoms with Gasteiger partial charge in [-0.05, 0) is 23.8 Å². The number of methoxy groups -OCH3 is 1. The standard InChI is InChI=1S/C14H12N4O3/c1-20-9-4-2-8(3-5-9)12-13(21-18-14(12)15)10-6-7-11(19)17-16-10/h2-7H,1H3,(H2,15,18)(H,17,19). The monoisotopic (exact) mass is 284 g/mol. The van der Waals surface area contributed by atoms with Crippen molar-refractivity contribution >= 4 is 5.82 Å². The predicted octanol–water partition coefficient (Wildman–Crippen LogP) is 1.68. The van der Waals surface area contributed by atoms with Crippen molar-refractivity contribution in [2.45, 2.75) is 0 Å². The number of nitrogens with two attached hydrogens (primary N) is 1. The molecular formula is C14H12N4O3. The van der Waals surface area contributed by atoms with Crippen LogP contribution in [0.1, 0.15) is 0 Å². The van der Waals surface area contributed by atoms with Gasteiger partial charge in [0.15, 0.2) is 11.6 Å². The van der Waals surface area contributed by atoms with Crippen LogP contribution in [-0.2, 0) is 0 Å². The van der Waals surface area contributed by atoms with Gasteiger partial charge in [-0.25, -0.2) is 5.10 Å². The number of aromatic nitrogens is 3. The summed E-state index contributed by atoms with van der Waals surface area (Å²) in [4.78, 5) is 11.1. The largest absolute Gasteiger partial charge is 0.497 e. The summed E-state index contributed by atoms with van der Waals surface area (Å²) >= 11 is 0. The molecule has 1 aromatic carbocycles. The Kier molecular flexibility index (Phi) is 3.15. The molecule has 106 valence electrons. The molecular weight excluding hydrogens is 272 g/mol. The van der Waals surface area contributed by atoms with E-state index >= 15 is 0 Å². The van der Waals surface area contributed by atoms with Gasteiger partial charge in [0.2, 0.25) is 0 Å². The Morgan fingerprint density at radius 1 is 1.19 bits per heavy atom. The lowest BCUT2D eigenvalue weighted by Gasteiger charge is -2.04. The SMILES string of the molecule is COc1ccc(-c2c(N)noc2-c2ccc(=O)[nH]n2)cc1. The topological polar surface area (TPSA) is 107 Å². The Labute approximate surface area is 119 Å². The number of anilines is 1. The molecule has 3 rings (SSSR count). The molecule has 0 bridgehead atoms. The zero-order valence-electron chi connectivity index (χ0n) is 11.2. The minimum absolute atomic E-state index is 0.253. The molecule has 0 aliphatic rings. The molecule has 2 heterocycles. The molecule has 0 amide bonds. The number of H-pyrrole nitrogens is 1. The molecule has 0 aliphatic heterocycles. The number of nitrogens with zero attached hydrogens (tertiary/aromatic N) is 2. The van der Waals surface area contributed by atoms with Crippen LogP contribution in [-0.4, -0.2) is 22.5 Å². The summed E-state index contributed by atoms with van der Waals surface area (Å²) in [5.41, 5.74) is 7.47. The maximum atomic E-state index is 11.1. The minimum atomic E-state index is -0.294. The van der Waals surface area contributed by atoms with Gasteiger partial charge < -0.3 is 15.0 Å². The number of hydrogen-bond acceptors (Lipinski definition) is 6. The number of nitrogen functional groups attached to an aromatic ring is 1. The Morgan fingerprint density at radius 2 is 1.95 bits per heavy atom. The van der Waals surface area contributed by atoms with E-state index in [-0.39, 0.29) is 11.4 Å². The lowest BCUT2D eigenvalue weighted by molar-refractivity contribution is 0.415. The minimum Gasteiger partial charge on any atom is -0.497 e. The molecule has 7 nitrogen and oxygen atoms in total. The van der Waals surface area contributed by atoms with E-state index in [9.17, 15) is 4.79 Å². The van der Waals surface area contributed by atoms with Crippen molar-refractivity contribution in [3.63, 3.8) is 0 Å². The van der Waals surface area contributed by atoms with Crippen LogP contribution in [0, 0.1) is 0 Å². The molecule has 0 radical (unpaired) electrons. The van der Waals surface area contributed by atoms with Gasteiger partial charge in [-0.1, -0.05) is 17.3 Å². The molecule has 0 saturated heterocycles. The fourth-order valence-electron chi connectivity index (χ4n) is 1.98. The molecule has 3 aromatic rings. The van der Waals surface area contributed by atoms with Gasteiger partial charge in [0, 0.05) is 6.07 Å². The quantitative estimate of drug-likeness (QED) is 0.757. The van der Waals surface area contributed by atoms with Crippen molar-refractivity contribution in [1.29, 1.82) is 0 Å². The van der Waals surface area contributed by atoms with E-state index in [1.807, 2.05) is 24.3 Å². The van der Waals surface area contributed by atoms with Crippen LogP contribution >= 0.6 is 0 Å². The Bertz CT molecular complexity index is 800. The normalized spacial score (nSPS) is 10.5. The van der Waals surface area contributed by atoms with Crippen LogP contribution in [0.4, 0.5) is 5.82 Å². The van der Waals surface area contributed by atoms with E-state index in [2.05, 4.69) is 15.4 Å². The highest BCUT2D eigenvalue weighted by Crippen LogP contribution is 2.35. The summed E-state index contributed by atoms with van der Waals surface area (Å²) in [6, 6.07) is 10.2. The number of benzene rings is 1. The van der Waals surface area contributed by atoms with E-state index in [1.165, 1.54) is 6.07 Å². The van der Waals surface area contributed by atoms with Crippen molar-refractivity contribution in [3.8, 4) is 28.3 Å². The molecule has 3 N–H and O–H groups in total. The smallest absolute Gasteiger partial charge is 0.264 e. The van der Waals surface area contributed by atoms with Crippen molar-refractivity contribution in [2.24, 2.45) is 0 Å². The molecule has 21 heavy (non-hydrogen) atoms. The second-order valence-electron chi connectivity index (χ2n) is 4.31. The third-order valence-corrected chi connectivity index (χ3v) is 3.01. The Balaban J connectivity index is 2.11. The van der Waals surface area contributed by atoms with Crippen LogP contribution in [0.2, 0.25) is 0 Å². The summed E-state index contributed by atoms with van der Waals surface area (Å²) in [7, 11) is 1.60. The summed E-state index contributed by atoms with van der Waals surface area (Å²) in [6.07, 6.45) is 0. The average Bonchev–Trinajstić information content (AvgIpc) is 2.90. The Morgan fingerprint density at radius 3 is 2.57 bits per heavy atom. The van der Waals surface area contributed by atoms with Gasteiger partial charge >= 0.3 is 0 Å². The first-order chi connectivity index (χ1) is 10.2. The van der Waals surface area contributed by atoms with Gasteiger partial charge in [0.25, 0.3) is 5.56 Å². The number of nitrogens with one attached hydrogen (secondary N) is 1. The third kappa shape index (κ3) is 2.36. The lowest BCUT2D eigenvalue weighted by atomic mass is 10.0. The third-order valence-electron chi connectivity index (χ3n) is 3.01. The summed E-state index contributed by atoms with van der Waals surface area (Å²) in [5.74, 6) is 1.38. The van der Waals surface area contributed by atoms with E-state index in [1.54, 1.807) is 13.2 Å².